The highest BCUT2D eigenvalue weighted by Crippen LogP contribution is 2.31. The van der Waals surface area contributed by atoms with E-state index in [1.165, 1.54) is 12.1 Å². The van der Waals surface area contributed by atoms with Gasteiger partial charge in [-0.1, -0.05) is 23.2 Å². The van der Waals surface area contributed by atoms with Gasteiger partial charge >= 0.3 is 0 Å². The summed E-state index contributed by atoms with van der Waals surface area (Å²) in [6.45, 7) is 1.75. The molecule has 0 unspecified atom stereocenters. The van der Waals surface area contributed by atoms with Crippen molar-refractivity contribution < 1.29 is 13.5 Å². The summed E-state index contributed by atoms with van der Waals surface area (Å²) < 4.78 is 24.2. The molecule has 7 heteroatoms. The van der Waals surface area contributed by atoms with Gasteiger partial charge in [-0.25, -0.2) is 4.39 Å². The molecule has 2 aromatic carbocycles. The normalized spacial score (nSPS) is 12.2. The minimum Gasteiger partial charge on any atom is -0.479 e. The highest BCUT2D eigenvalue weighted by Gasteiger charge is 2.18. The molecule has 0 amide bonds. The number of nitrogens with zero attached hydrogens (tertiary/aromatic N) is 2. The molecule has 0 aliphatic carbocycles. The Labute approximate surface area is 141 Å². The van der Waals surface area contributed by atoms with Crippen molar-refractivity contribution in [1.82, 2.24) is 10.2 Å². The third-order valence-corrected chi connectivity index (χ3v) is 3.62. The van der Waals surface area contributed by atoms with Crippen molar-refractivity contribution in [3.05, 3.63) is 64.2 Å². The van der Waals surface area contributed by atoms with E-state index in [1.807, 2.05) is 0 Å². The fourth-order valence-corrected chi connectivity index (χ4v) is 2.24. The molecular weight excluding hydrogens is 342 g/mol. The molecule has 118 valence electrons. The zero-order valence-electron chi connectivity index (χ0n) is 12.0. The fraction of sp³-hybridized carbons (Fsp3) is 0.125. The van der Waals surface area contributed by atoms with E-state index < -0.39 is 6.10 Å². The lowest BCUT2D eigenvalue weighted by Crippen LogP contribution is -2.03. The van der Waals surface area contributed by atoms with Crippen LogP contribution < -0.4 is 4.74 Å². The summed E-state index contributed by atoms with van der Waals surface area (Å²) in [6.07, 6.45) is -0.521. The Balaban J connectivity index is 1.79. The molecular formula is C16H11Cl2FN2O2. The SMILES string of the molecule is C[C@@H](Oc1cc(Cl)ccc1Cl)c1nnc(-c2ccc(F)cc2)o1. The molecule has 0 radical (unpaired) electrons. The van der Waals surface area contributed by atoms with Crippen molar-refractivity contribution in [1.29, 1.82) is 0 Å². The van der Waals surface area contributed by atoms with Gasteiger partial charge in [0, 0.05) is 16.7 Å². The van der Waals surface area contributed by atoms with Gasteiger partial charge in [0.05, 0.1) is 5.02 Å². The number of benzene rings is 2. The van der Waals surface area contributed by atoms with Crippen molar-refractivity contribution in [2.75, 3.05) is 0 Å². The molecule has 1 aromatic heterocycles. The second kappa shape index (κ2) is 6.56. The van der Waals surface area contributed by atoms with Crippen LogP contribution in [0.2, 0.25) is 10.0 Å². The molecule has 0 bridgehead atoms. The predicted molar refractivity (Wildman–Crippen MR) is 85.2 cm³/mol. The molecule has 1 atom stereocenters. The fourth-order valence-electron chi connectivity index (χ4n) is 1.92. The smallest absolute Gasteiger partial charge is 0.257 e. The molecule has 0 N–H and O–H groups in total. The van der Waals surface area contributed by atoms with Crippen LogP contribution in [0.3, 0.4) is 0 Å². The lowest BCUT2D eigenvalue weighted by atomic mass is 10.2. The van der Waals surface area contributed by atoms with Crippen LogP contribution in [-0.4, -0.2) is 10.2 Å². The van der Waals surface area contributed by atoms with Gasteiger partial charge in [0.2, 0.25) is 5.89 Å². The van der Waals surface area contributed by atoms with E-state index in [-0.39, 0.29) is 17.6 Å². The minimum absolute atomic E-state index is 0.278. The quantitative estimate of drug-likeness (QED) is 0.637. The maximum absolute atomic E-state index is 12.9. The molecule has 0 aliphatic heterocycles. The van der Waals surface area contributed by atoms with E-state index in [1.54, 1.807) is 37.3 Å². The highest BCUT2D eigenvalue weighted by atomic mass is 35.5. The molecule has 0 aliphatic rings. The molecule has 0 saturated carbocycles. The van der Waals surface area contributed by atoms with Crippen LogP contribution in [0.5, 0.6) is 5.75 Å². The van der Waals surface area contributed by atoms with E-state index in [0.29, 0.717) is 21.4 Å². The van der Waals surface area contributed by atoms with Crippen molar-refractivity contribution in [3.63, 3.8) is 0 Å². The molecule has 3 aromatic rings. The first kappa shape index (κ1) is 15.8. The van der Waals surface area contributed by atoms with Gasteiger partial charge in [0.1, 0.15) is 11.6 Å². The maximum Gasteiger partial charge on any atom is 0.257 e. The first-order valence-electron chi connectivity index (χ1n) is 6.74. The summed E-state index contributed by atoms with van der Waals surface area (Å²) in [7, 11) is 0. The van der Waals surface area contributed by atoms with Gasteiger partial charge in [-0.15, -0.1) is 10.2 Å². The topological polar surface area (TPSA) is 48.2 Å². The molecule has 4 nitrogen and oxygen atoms in total. The van der Waals surface area contributed by atoms with E-state index in [0.717, 1.165) is 0 Å². The third kappa shape index (κ3) is 3.63. The summed E-state index contributed by atoms with van der Waals surface area (Å²) in [6, 6.07) is 10.7. The number of hydrogen-bond donors (Lipinski definition) is 0. The molecule has 0 saturated heterocycles. The molecule has 0 fully saturated rings. The van der Waals surface area contributed by atoms with Gasteiger partial charge in [-0.3, -0.25) is 0 Å². The largest absolute Gasteiger partial charge is 0.479 e. The van der Waals surface area contributed by atoms with Gasteiger partial charge in [0.15, 0.2) is 6.10 Å². The summed E-state index contributed by atoms with van der Waals surface area (Å²) in [4.78, 5) is 0. The van der Waals surface area contributed by atoms with Crippen molar-refractivity contribution in [3.8, 4) is 17.2 Å². The van der Waals surface area contributed by atoms with Crippen molar-refractivity contribution in [2.45, 2.75) is 13.0 Å². The average Bonchev–Trinajstić information content (AvgIpc) is 3.02. The first-order chi connectivity index (χ1) is 11.0. The summed E-state index contributed by atoms with van der Waals surface area (Å²) in [5, 5.41) is 8.83. The van der Waals surface area contributed by atoms with Gasteiger partial charge < -0.3 is 9.15 Å². The average molecular weight is 353 g/mol. The zero-order valence-corrected chi connectivity index (χ0v) is 13.5. The summed E-state index contributed by atoms with van der Waals surface area (Å²) in [5.41, 5.74) is 0.623. The Kier molecular flexibility index (Phi) is 4.50. The van der Waals surface area contributed by atoms with Gasteiger partial charge in [0.25, 0.3) is 5.89 Å². The number of halogens is 3. The monoisotopic (exact) mass is 352 g/mol. The van der Waals surface area contributed by atoms with E-state index in [4.69, 9.17) is 32.4 Å². The Morgan fingerprint density at radius 1 is 1.09 bits per heavy atom. The molecule has 0 spiro atoms. The van der Waals surface area contributed by atoms with Crippen LogP contribution >= 0.6 is 23.2 Å². The third-order valence-electron chi connectivity index (χ3n) is 3.08. The lowest BCUT2D eigenvalue weighted by Gasteiger charge is -2.12. The maximum atomic E-state index is 12.9. The van der Waals surface area contributed by atoms with Crippen LogP contribution in [0.25, 0.3) is 11.5 Å². The van der Waals surface area contributed by atoms with Gasteiger partial charge in [-0.2, -0.15) is 0 Å². The van der Waals surface area contributed by atoms with Crippen LogP contribution in [0.15, 0.2) is 46.9 Å². The van der Waals surface area contributed by atoms with Gasteiger partial charge in [-0.05, 0) is 43.3 Å². The van der Waals surface area contributed by atoms with Crippen LogP contribution in [0, 0.1) is 5.82 Å². The van der Waals surface area contributed by atoms with E-state index >= 15 is 0 Å². The Hall–Kier alpha value is -2.11. The lowest BCUT2D eigenvalue weighted by molar-refractivity contribution is 0.190. The predicted octanol–water partition coefficient (Wildman–Crippen LogP) is 5.32. The van der Waals surface area contributed by atoms with Crippen LogP contribution in [-0.2, 0) is 0 Å². The standard InChI is InChI=1S/C16H11Cl2FN2O2/c1-9(22-14-8-11(17)4-7-13(14)18)15-20-21-16(23-15)10-2-5-12(19)6-3-10/h2-9H,1H3/t9-/m1/s1. The minimum atomic E-state index is -0.521. The van der Waals surface area contributed by atoms with Crippen LogP contribution in [0.4, 0.5) is 4.39 Å². The second-order valence-electron chi connectivity index (χ2n) is 4.79. The number of aromatic nitrogens is 2. The molecule has 3 rings (SSSR count). The Morgan fingerprint density at radius 2 is 1.83 bits per heavy atom. The van der Waals surface area contributed by atoms with Crippen LogP contribution in [0.1, 0.15) is 18.9 Å². The number of rotatable bonds is 4. The molecule has 1 heterocycles. The zero-order chi connectivity index (χ0) is 16.4. The summed E-state index contributed by atoms with van der Waals surface area (Å²) in [5.74, 6) is 0.655. The van der Waals surface area contributed by atoms with Crippen molar-refractivity contribution >= 4 is 23.2 Å². The Morgan fingerprint density at radius 3 is 2.57 bits per heavy atom. The van der Waals surface area contributed by atoms with E-state index in [9.17, 15) is 4.39 Å². The number of hydrogen-bond acceptors (Lipinski definition) is 4. The highest BCUT2D eigenvalue weighted by molar-refractivity contribution is 6.34. The second-order valence-corrected chi connectivity index (χ2v) is 5.63. The first-order valence-corrected chi connectivity index (χ1v) is 7.49. The number of ether oxygens (including phenoxy) is 1. The van der Waals surface area contributed by atoms with Crippen molar-refractivity contribution in [2.24, 2.45) is 0 Å². The van der Waals surface area contributed by atoms with E-state index in [2.05, 4.69) is 10.2 Å². The Bertz CT molecular complexity index is 821. The molecule has 23 heavy (non-hydrogen) atoms. The summed E-state index contributed by atoms with van der Waals surface area (Å²) >= 11 is 12.0.